The zero-order chi connectivity index (χ0) is 14.6. The highest BCUT2D eigenvalue weighted by molar-refractivity contribution is 5.85. The Hall–Kier alpha value is -1.14. The molecule has 2 N–H and O–H groups in total. The van der Waals surface area contributed by atoms with Gasteiger partial charge < -0.3 is 15.2 Å². The van der Waals surface area contributed by atoms with E-state index in [1.165, 1.54) is 0 Å². The average molecular weight is 317 g/mol. The predicted molar refractivity (Wildman–Crippen MR) is 82.6 cm³/mol. The van der Waals surface area contributed by atoms with Crippen molar-refractivity contribution in [1.82, 2.24) is 20.8 Å². The molecule has 1 aromatic heterocycles. The van der Waals surface area contributed by atoms with E-state index < -0.39 is 0 Å². The molecule has 7 heteroatoms. The lowest BCUT2D eigenvalue weighted by molar-refractivity contribution is -0.121. The average Bonchev–Trinajstić information content (AvgIpc) is 2.86. The Kier molecular flexibility index (Phi) is 6.61. The first-order valence-corrected chi connectivity index (χ1v) is 7.28. The number of hydrogen-bond donors (Lipinski definition) is 2. The molecule has 2 heterocycles. The molecular weight excluding hydrogens is 292 g/mol. The monoisotopic (exact) mass is 316 g/mol. The predicted octanol–water partition coefficient (Wildman–Crippen LogP) is 1.59. The smallest absolute Gasteiger partial charge is 0.227 e. The zero-order valence-electron chi connectivity index (χ0n) is 12.9. The Morgan fingerprint density at radius 1 is 1.48 bits per heavy atom. The summed E-state index contributed by atoms with van der Waals surface area (Å²) in [5.41, 5.74) is -0.127. The van der Waals surface area contributed by atoms with Crippen molar-refractivity contribution in [3.63, 3.8) is 0 Å². The summed E-state index contributed by atoms with van der Waals surface area (Å²) in [7, 11) is 0. The summed E-state index contributed by atoms with van der Waals surface area (Å²) in [5, 5.41) is 10.3. The Morgan fingerprint density at radius 3 is 2.81 bits per heavy atom. The first-order valence-electron chi connectivity index (χ1n) is 7.28. The molecular formula is C14H25ClN4O2. The number of piperidine rings is 1. The summed E-state index contributed by atoms with van der Waals surface area (Å²) in [4.78, 5) is 16.2. The van der Waals surface area contributed by atoms with Gasteiger partial charge in [-0.05, 0) is 19.4 Å². The second-order valence-corrected chi connectivity index (χ2v) is 6.37. The van der Waals surface area contributed by atoms with E-state index in [-0.39, 0.29) is 29.8 Å². The van der Waals surface area contributed by atoms with E-state index in [1.807, 2.05) is 20.8 Å². The number of nitrogens with one attached hydrogen (secondary N) is 2. The zero-order valence-corrected chi connectivity index (χ0v) is 13.8. The number of rotatable bonds is 4. The van der Waals surface area contributed by atoms with Gasteiger partial charge >= 0.3 is 0 Å². The van der Waals surface area contributed by atoms with Crippen molar-refractivity contribution < 1.29 is 9.32 Å². The molecule has 0 saturated carbocycles. The van der Waals surface area contributed by atoms with Gasteiger partial charge in [-0.25, -0.2) is 0 Å². The molecule has 1 fully saturated rings. The van der Waals surface area contributed by atoms with Gasteiger partial charge in [-0.15, -0.1) is 12.4 Å². The van der Waals surface area contributed by atoms with Crippen molar-refractivity contribution in [1.29, 1.82) is 0 Å². The maximum Gasteiger partial charge on any atom is 0.227 e. The van der Waals surface area contributed by atoms with Gasteiger partial charge in [0.2, 0.25) is 11.8 Å². The van der Waals surface area contributed by atoms with Gasteiger partial charge in [0.05, 0.1) is 0 Å². The third-order valence-electron chi connectivity index (χ3n) is 3.37. The van der Waals surface area contributed by atoms with Crippen molar-refractivity contribution in [2.45, 2.75) is 57.9 Å². The molecule has 0 aromatic carbocycles. The Morgan fingerprint density at radius 2 is 2.24 bits per heavy atom. The van der Waals surface area contributed by atoms with Crippen molar-refractivity contribution in [2.24, 2.45) is 0 Å². The summed E-state index contributed by atoms with van der Waals surface area (Å²) in [6.07, 6.45) is 3.05. The summed E-state index contributed by atoms with van der Waals surface area (Å²) in [6, 6.07) is 0.254. The van der Waals surface area contributed by atoms with E-state index >= 15 is 0 Å². The molecule has 6 nitrogen and oxygen atoms in total. The van der Waals surface area contributed by atoms with Crippen molar-refractivity contribution in [2.75, 3.05) is 13.1 Å². The van der Waals surface area contributed by atoms with Gasteiger partial charge in [0.25, 0.3) is 0 Å². The molecule has 1 aliphatic heterocycles. The second kappa shape index (κ2) is 7.75. The number of aromatic nitrogens is 2. The molecule has 0 aliphatic carbocycles. The van der Waals surface area contributed by atoms with Gasteiger partial charge in [0, 0.05) is 30.8 Å². The molecule has 1 amide bonds. The Balaban J connectivity index is 0.00000220. The molecule has 0 unspecified atom stereocenters. The fraction of sp³-hybridized carbons (Fsp3) is 0.786. The van der Waals surface area contributed by atoms with E-state index in [9.17, 15) is 4.79 Å². The minimum absolute atomic E-state index is 0. The lowest BCUT2D eigenvalue weighted by atomic mass is 9.96. The van der Waals surface area contributed by atoms with Crippen LogP contribution in [0, 0.1) is 0 Å². The fourth-order valence-electron chi connectivity index (χ4n) is 2.16. The van der Waals surface area contributed by atoms with Crippen LogP contribution in [0.5, 0.6) is 0 Å². The molecule has 21 heavy (non-hydrogen) atoms. The van der Waals surface area contributed by atoms with Crippen LogP contribution in [-0.2, 0) is 16.6 Å². The lowest BCUT2D eigenvalue weighted by Gasteiger charge is -2.23. The number of amides is 1. The SMILES string of the molecule is CC(C)(C)c1noc(CCC(=O)N[C@H]2CCCNC2)n1.Cl. The quantitative estimate of drug-likeness (QED) is 0.881. The van der Waals surface area contributed by atoms with Gasteiger partial charge in [0.15, 0.2) is 5.82 Å². The van der Waals surface area contributed by atoms with Gasteiger partial charge in [-0.2, -0.15) is 4.98 Å². The van der Waals surface area contributed by atoms with Crippen LogP contribution in [0.25, 0.3) is 0 Å². The minimum atomic E-state index is -0.127. The van der Waals surface area contributed by atoms with E-state index in [0.29, 0.717) is 24.6 Å². The summed E-state index contributed by atoms with van der Waals surface area (Å²) < 4.78 is 5.18. The highest BCUT2D eigenvalue weighted by Gasteiger charge is 2.21. The molecule has 0 radical (unpaired) electrons. The van der Waals surface area contributed by atoms with Crippen molar-refractivity contribution in [3.8, 4) is 0 Å². The molecule has 0 bridgehead atoms. The van der Waals surface area contributed by atoms with E-state index in [1.54, 1.807) is 0 Å². The normalized spacial score (nSPS) is 18.9. The van der Waals surface area contributed by atoms with Crippen LogP contribution < -0.4 is 10.6 Å². The van der Waals surface area contributed by atoms with Gasteiger partial charge in [-0.3, -0.25) is 4.79 Å². The van der Waals surface area contributed by atoms with Crippen LogP contribution in [0.15, 0.2) is 4.52 Å². The van der Waals surface area contributed by atoms with Crippen LogP contribution in [0.3, 0.4) is 0 Å². The topological polar surface area (TPSA) is 80.0 Å². The first kappa shape index (κ1) is 17.9. The molecule has 0 spiro atoms. The van der Waals surface area contributed by atoms with Crippen LogP contribution in [-0.4, -0.2) is 35.2 Å². The molecule has 120 valence electrons. The van der Waals surface area contributed by atoms with Crippen LogP contribution >= 0.6 is 12.4 Å². The van der Waals surface area contributed by atoms with Crippen LogP contribution in [0.4, 0.5) is 0 Å². The maximum absolute atomic E-state index is 11.9. The van der Waals surface area contributed by atoms with E-state index in [2.05, 4.69) is 20.8 Å². The van der Waals surface area contributed by atoms with Crippen LogP contribution in [0.1, 0.15) is 51.7 Å². The Labute approximate surface area is 131 Å². The van der Waals surface area contributed by atoms with Gasteiger partial charge in [0.1, 0.15) is 0 Å². The maximum atomic E-state index is 11.9. The minimum Gasteiger partial charge on any atom is -0.352 e. The number of hydrogen-bond acceptors (Lipinski definition) is 5. The second-order valence-electron chi connectivity index (χ2n) is 6.37. The Bertz CT molecular complexity index is 450. The molecule has 1 atom stereocenters. The fourth-order valence-corrected chi connectivity index (χ4v) is 2.16. The highest BCUT2D eigenvalue weighted by atomic mass is 35.5. The van der Waals surface area contributed by atoms with Crippen LogP contribution in [0.2, 0.25) is 0 Å². The number of aryl methyl sites for hydroxylation is 1. The molecule has 1 saturated heterocycles. The molecule has 1 aromatic rings. The summed E-state index contributed by atoms with van der Waals surface area (Å²) in [5.74, 6) is 1.27. The summed E-state index contributed by atoms with van der Waals surface area (Å²) in [6.45, 7) is 8.00. The molecule has 2 rings (SSSR count). The van der Waals surface area contributed by atoms with Gasteiger partial charge in [-0.1, -0.05) is 25.9 Å². The standard InChI is InChI=1S/C14H24N4O2.ClH/c1-14(2,3)13-17-12(20-18-13)7-6-11(19)16-10-5-4-8-15-9-10;/h10,15H,4-9H2,1-3H3,(H,16,19);1H/t10-;/m0./s1. The number of halogens is 1. The third-order valence-corrected chi connectivity index (χ3v) is 3.37. The lowest BCUT2D eigenvalue weighted by Crippen LogP contribution is -2.45. The van der Waals surface area contributed by atoms with E-state index in [0.717, 1.165) is 25.9 Å². The summed E-state index contributed by atoms with van der Waals surface area (Å²) >= 11 is 0. The number of carbonyl (C=O) groups excluding carboxylic acids is 1. The number of carbonyl (C=O) groups is 1. The molecule has 1 aliphatic rings. The first-order chi connectivity index (χ1) is 9.45. The van der Waals surface area contributed by atoms with Crippen molar-refractivity contribution >= 4 is 18.3 Å². The van der Waals surface area contributed by atoms with E-state index in [4.69, 9.17) is 4.52 Å². The van der Waals surface area contributed by atoms with Crippen molar-refractivity contribution in [3.05, 3.63) is 11.7 Å². The largest absolute Gasteiger partial charge is 0.352 e. The number of nitrogens with zero attached hydrogens (tertiary/aromatic N) is 2. The highest BCUT2D eigenvalue weighted by Crippen LogP contribution is 2.18. The third kappa shape index (κ3) is 5.63.